The van der Waals surface area contributed by atoms with Gasteiger partial charge in [0, 0.05) is 4.88 Å². The van der Waals surface area contributed by atoms with Crippen LogP contribution in [0.15, 0.2) is 17.5 Å². The van der Waals surface area contributed by atoms with E-state index in [1.54, 1.807) is 11.3 Å². The fourth-order valence-electron chi connectivity index (χ4n) is 2.61. The maximum Gasteiger partial charge on any atom is 0.0651 e. The SMILES string of the molecule is Cc1c(C)c(C)c([C@@H](N)c2cccs2)c(C)c1C.Cl. The van der Waals surface area contributed by atoms with Crippen molar-refractivity contribution in [2.75, 3.05) is 0 Å². The molecule has 19 heavy (non-hydrogen) atoms. The van der Waals surface area contributed by atoms with E-state index in [1.165, 1.54) is 38.3 Å². The number of hydrogen-bond acceptors (Lipinski definition) is 2. The first kappa shape index (κ1) is 16.2. The lowest BCUT2D eigenvalue weighted by atomic mass is 9.86. The van der Waals surface area contributed by atoms with Crippen LogP contribution >= 0.6 is 23.7 Å². The molecule has 1 aromatic carbocycles. The maximum absolute atomic E-state index is 6.46. The lowest BCUT2D eigenvalue weighted by molar-refractivity contribution is 0.861. The van der Waals surface area contributed by atoms with Crippen molar-refractivity contribution < 1.29 is 0 Å². The molecule has 1 aromatic heterocycles. The molecule has 0 saturated heterocycles. The van der Waals surface area contributed by atoms with Crippen molar-refractivity contribution in [2.45, 2.75) is 40.7 Å². The van der Waals surface area contributed by atoms with Gasteiger partial charge in [0.1, 0.15) is 0 Å². The van der Waals surface area contributed by atoms with Crippen LogP contribution in [-0.2, 0) is 0 Å². The molecule has 0 radical (unpaired) electrons. The second kappa shape index (κ2) is 6.08. The van der Waals surface area contributed by atoms with Gasteiger partial charge < -0.3 is 5.73 Å². The van der Waals surface area contributed by atoms with Gasteiger partial charge in [-0.15, -0.1) is 23.7 Å². The zero-order valence-electron chi connectivity index (χ0n) is 12.2. The fraction of sp³-hybridized carbons (Fsp3) is 0.375. The summed E-state index contributed by atoms with van der Waals surface area (Å²) < 4.78 is 0. The molecule has 0 aliphatic carbocycles. The standard InChI is InChI=1S/C16H21NS.ClH/c1-9-10(2)12(4)15(13(5)11(9)3)16(17)14-7-6-8-18-14;/h6-8,16H,17H2,1-5H3;1H/t16-;/m0./s1. The predicted molar refractivity (Wildman–Crippen MR) is 87.7 cm³/mol. The molecular formula is C16H22ClNS. The third-order valence-corrected chi connectivity index (χ3v) is 5.17. The monoisotopic (exact) mass is 295 g/mol. The summed E-state index contributed by atoms with van der Waals surface area (Å²) in [5, 5.41) is 2.09. The van der Waals surface area contributed by atoms with Crippen LogP contribution in [0.2, 0.25) is 0 Å². The minimum atomic E-state index is 0. The Morgan fingerprint density at radius 2 is 1.37 bits per heavy atom. The van der Waals surface area contributed by atoms with Crippen molar-refractivity contribution in [3.63, 3.8) is 0 Å². The number of rotatable bonds is 2. The van der Waals surface area contributed by atoms with Crippen LogP contribution in [0.3, 0.4) is 0 Å². The van der Waals surface area contributed by atoms with Gasteiger partial charge in [-0.05, 0) is 79.4 Å². The molecule has 2 N–H and O–H groups in total. The molecule has 0 fully saturated rings. The van der Waals surface area contributed by atoms with E-state index in [9.17, 15) is 0 Å². The van der Waals surface area contributed by atoms with Crippen molar-refractivity contribution in [3.8, 4) is 0 Å². The Morgan fingerprint density at radius 1 is 0.895 bits per heavy atom. The molecular weight excluding hydrogens is 274 g/mol. The Hall–Kier alpha value is -0.830. The molecule has 2 aromatic rings. The molecule has 3 heteroatoms. The molecule has 0 bridgehead atoms. The number of nitrogens with two attached hydrogens (primary N) is 1. The second-order valence-corrected chi connectivity index (χ2v) is 6.01. The van der Waals surface area contributed by atoms with Crippen LogP contribution in [-0.4, -0.2) is 0 Å². The minimum Gasteiger partial charge on any atom is -0.320 e. The van der Waals surface area contributed by atoms with Gasteiger partial charge in [0.15, 0.2) is 0 Å². The summed E-state index contributed by atoms with van der Waals surface area (Å²) in [4.78, 5) is 1.24. The van der Waals surface area contributed by atoms with Crippen molar-refractivity contribution in [2.24, 2.45) is 5.73 Å². The quantitative estimate of drug-likeness (QED) is 0.849. The Labute approximate surface area is 126 Å². The molecule has 0 spiro atoms. The lowest BCUT2D eigenvalue weighted by Gasteiger charge is -2.22. The van der Waals surface area contributed by atoms with Gasteiger partial charge in [0.05, 0.1) is 6.04 Å². The third-order valence-electron chi connectivity index (χ3n) is 4.22. The summed E-state index contributed by atoms with van der Waals surface area (Å²) in [5.74, 6) is 0. The van der Waals surface area contributed by atoms with E-state index in [2.05, 4.69) is 52.1 Å². The van der Waals surface area contributed by atoms with Crippen LogP contribution in [0.4, 0.5) is 0 Å². The molecule has 0 amide bonds. The predicted octanol–water partition coefficient (Wildman–Crippen LogP) is 4.76. The average molecular weight is 296 g/mol. The average Bonchev–Trinajstić information content (AvgIpc) is 2.88. The van der Waals surface area contributed by atoms with Crippen LogP contribution < -0.4 is 5.73 Å². The summed E-state index contributed by atoms with van der Waals surface area (Å²) >= 11 is 1.73. The minimum absolute atomic E-state index is 0. The van der Waals surface area contributed by atoms with Crippen LogP contribution in [0.1, 0.15) is 44.3 Å². The highest BCUT2D eigenvalue weighted by Crippen LogP contribution is 2.33. The van der Waals surface area contributed by atoms with Crippen molar-refractivity contribution in [3.05, 3.63) is 55.8 Å². The van der Waals surface area contributed by atoms with E-state index < -0.39 is 0 Å². The smallest absolute Gasteiger partial charge is 0.0651 e. The Morgan fingerprint density at radius 3 is 1.79 bits per heavy atom. The first-order valence-corrected chi connectivity index (χ1v) is 7.19. The maximum atomic E-state index is 6.46. The van der Waals surface area contributed by atoms with Crippen LogP contribution in [0.5, 0.6) is 0 Å². The van der Waals surface area contributed by atoms with Crippen molar-refractivity contribution >= 4 is 23.7 Å². The number of benzene rings is 1. The van der Waals surface area contributed by atoms with Gasteiger partial charge >= 0.3 is 0 Å². The van der Waals surface area contributed by atoms with E-state index in [4.69, 9.17) is 5.73 Å². The van der Waals surface area contributed by atoms with E-state index in [0.29, 0.717) is 0 Å². The highest BCUT2D eigenvalue weighted by atomic mass is 35.5. The Balaban J connectivity index is 0.00000180. The van der Waals surface area contributed by atoms with Crippen molar-refractivity contribution in [1.29, 1.82) is 0 Å². The van der Waals surface area contributed by atoms with Gasteiger partial charge in [0.25, 0.3) is 0 Å². The zero-order valence-corrected chi connectivity index (χ0v) is 13.8. The largest absolute Gasteiger partial charge is 0.320 e. The summed E-state index contributed by atoms with van der Waals surface area (Å²) in [6.45, 7) is 11.0. The highest BCUT2D eigenvalue weighted by Gasteiger charge is 2.19. The van der Waals surface area contributed by atoms with Gasteiger partial charge in [-0.1, -0.05) is 6.07 Å². The van der Waals surface area contributed by atoms with Crippen LogP contribution in [0, 0.1) is 34.6 Å². The number of halogens is 1. The molecule has 1 heterocycles. The third kappa shape index (κ3) is 2.71. The van der Waals surface area contributed by atoms with Crippen molar-refractivity contribution in [1.82, 2.24) is 0 Å². The summed E-state index contributed by atoms with van der Waals surface area (Å²) in [6, 6.07) is 4.19. The fourth-order valence-corrected chi connectivity index (χ4v) is 3.34. The molecule has 2 rings (SSSR count). The molecule has 0 aliphatic rings. The van der Waals surface area contributed by atoms with Gasteiger partial charge in [0.2, 0.25) is 0 Å². The normalized spacial score (nSPS) is 12.1. The summed E-state index contributed by atoms with van der Waals surface area (Å²) in [5.41, 5.74) is 14.6. The van der Waals surface area contributed by atoms with E-state index in [0.717, 1.165) is 0 Å². The molecule has 1 atom stereocenters. The molecule has 0 aliphatic heterocycles. The van der Waals surface area contributed by atoms with Gasteiger partial charge in [-0.2, -0.15) is 0 Å². The molecule has 104 valence electrons. The topological polar surface area (TPSA) is 26.0 Å². The van der Waals surface area contributed by atoms with Crippen LogP contribution in [0.25, 0.3) is 0 Å². The van der Waals surface area contributed by atoms with Gasteiger partial charge in [-0.25, -0.2) is 0 Å². The zero-order chi connectivity index (χ0) is 13.4. The number of thiophene rings is 1. The first-order valence-electron chi connectivity index (χ1n) is 6.31. The first-order chi connectivity index (χ1) is 8.45. The lowest BCUT2D eigenvalue weighted by Crippen LogP contribution is -2.16. The highest BCUT2D eigenvalue weighted by molar-refractivity contribution is 7.10. The number of hydrogen-bond donors (Lipinski definition) is 1. The van der Waals surface area contributed by atoms with E-state index in [-0.39, 0.29) is 18.4 Å². The summed E-state index contributed by atoms with van der Waals surface area (Å²) in [6.07, 6.45) is 0. The van der Waals surface area contributed by atoms with E-state index in [1.807, 2.05) is 0 Å². The molecule has 0 unspecified atom stereocenters. The van der Waals surface area contributed by atoms with E-state index >= 15 is 0 Å². The van der Waals surface area contributed by atoms with Gasteiger partial charge in [-0.3, -0.25) is 0 Å². The summed E-state index contributed by atoms with van der Waals surface area (Å²) in [7, 11) is 0. The second-order valence-electron chi connectivity index (χ2n) is 5.03. The molecule has 1 nitrogen and oxygen atoms in total. The Bertz CT molecular complexity index is 544. The Kier molecular flexibility index (Phi) is 5.19. The molecule has 0 saturated carbocycles.